The van der Waals surface area contributed by atoms with Crippen molar-refractivity contribution in [3.05, 3.63) is 20.8 Å². The van der Waals surface area contributed by atoms with Gasteiger partial charge in [0.2, 0.25) is 0 Å². The normalized spacial score (nSPS) is 16.3. The van der Waals surface area contributed by atoms with Crippen LogP contribution < -0.4 is 5.56 Å². The zero-order chi connectivity index (χ0) is 16.4. The SMILES string of the molecule is CCn1c(SCCN2CCCCC2)nc2sc(C)c(C)c2c1=O. The van der Waals surface area contributed by atoms with Gasteiger partial charge in [0, 0.05) is 23.7 Å². The van der Waals surface area contributed by atoms with Gasteiger partial charge in [0.15, 0.2) is 5.16 Å². The van der Waals surface area contributed by atoms with E-state index in [1.807, 2.05) is 18.4 Å². The molecular weight excluding hydrogens is 326 g/mol. The second-order valence-electron chi connectivity index (χ2n) is 6.16. The lowest BCUT2D eigenvalue weighted by atomic mass is 10.1. The number of piperidine rings is 1. The van der Waals surface area contributed by atoms with E-state index in [4.69, 9.17) is 4.98 Å². The number of thiophene rings is 1. The molecule has 1 aliphatic heterocycles. The van der Waals surface area contributed by atoms with Gasteiger partial charge < -0.3 is 4.90 Å². The summed E-state index contributed by atoms with van der Waals surface area (Å²) in [4.78, 5) is 22.2. The van der Waals surface area contributed by atoms with E-state index in [0.29, 0.717) is 6.54 Å². The van der Waals surface area contributed by atoms with Gasteiger partial charge in [-0.05, 0) is 52.3 Å². The number of hydrogen-bond acceptors (Lipinski definition) is 5. The molecule has 0 N–H and O–H groups in total. The van der Waals surface area contributed by atoms with Crippen LogP contribution in [0.1, 0.15) is 36.6 Å². The minimum atomic E-state index is 0.125. The minimum Gasteiger partial charge on any atom is -0.303 e. The summed E-state index contributed by atoms with van der Waals surface area (Å²) in [5, 5.41) is 1.69. The monoisotopic (exact) mass is 351 g/mol. The first-order valence-electron chi connectivity index (χ1n) is 8.47. The molecule has 4 nitrogen and oxygen atoms in total. The van der Waals surface area contributed by atoms with Crippen molar-refractivity contribution in [2.24, 2.45) is 0 Å². The van der Waals surface area contributed by atoms with E-state index in [-0.39, 0.29) is 5.56 Å². The van der Waals surface area contributed by atoms with E-state index >= 15 is 0 Å². The van der Waals surface area contributed by atoms with E-state index in [2.05, 4.69) is 11.8 Å². The molecular formula is C17H25N3OS2. The average molecular weight is 352 g/mol. The number of aromatic nitrogens is 2. The van der Waals surface area contributed by atoms with Crippen LogP contribution in [0.25, 0.3) is 10.2 Å². The molecule has 1 fully saturated rings. The fourth-order valence-corrected chi connectivity index (χ4v) is 5.28. The summed E-state index contributed by atoms with van der Waals surface area (Å²) in [6.45, 7) is 10.3. The Balaban J connectivity index is 1.80. The summed E-state index contributed by atoms with van der Waals surface area (Å²) in [6, 6.07) is 0. The van der Waals surface area contributed by atoms with Crippen molar-refractivity contribution in [2.75, 3.05) is 25.4 Å². The number of nitrogens with zero attached hydrogens (tertiary/aromatic N) is 3. The van der Waals surface area contributed by atoms with Crippen LogP contribution in [0.15, 0.2) is 9.95 Å². The Labute approximate surface area is 145 Å². The Bertz CT molecular complexity index is 744. The van der Waals surface area contributed by atoms with Gasteiger partial charge in [0.25, 0.3) is 5.56 Å². The second-order valence-corrected chi connectivity index (χ2v) is 8.42. The van der Waals surface area contributed by atoms with Crippen LogP contribution in [0.3, 0.4) is 0 Å². The van der Waals surface area contributed by atoms with E-state index < -0.39 is 0 Å². The summed E-state index contributed by atoms with van der Waals surface area (Å²) < 4.78 is 1.84. The van der Waals surface area contributed by atoms with Crippen LogP contribution in [0.2, 0.25) is 0 Å². The molecule has 3 heterocycles. The molecule has 0 radical (unpaired) electrons. The first-order chi connectivity index (χ1) is 11.1. The molecule has 0 unspecified atom stereocenters. The number of aryl methyl sites for hydroxylation is 2. The number of hydrogen-bond donors (Lipinski definition) is 0. The van der Waals surface area contributed by atoms with Crippen LogP contribution in [0.5, 0.6) is 0 Å². The second kappa shape index (κ2) is 7.36. The van der Waals surface area contributed by atoms with Gasteiger partial charge in [-0.3, -0.25) is 9.36 Å². The first-order valence-corrected chi connectivity index (χ1v) is 10.3. The summed E-state index contributed by atoms with van der Waals surface area (Å²) in [7, 11) is 0. The zero-order valence-corrected chi connectivity index (χ0v) is 15.9. The highest BCUT2D eigenvalue weighted by molar-refractivity contribution is 7.99. The van der Waals surface area contributed by atoms with Crippen molar-refractivity contribution in [3.8, 4) is 0 Å². The van der Waals surface area contributed by atoms with Crippen molar-refractivity contribution < 1.29 is 0 Å². The molecule has 3 rings (SSSR count). The molecule has 1 saturated heterocycles. The summed E-state index contributed by atoms with van der Waals surface area (Å²) in [5.41, 5.74) is 1.22. The third kappa shape index (κ3) is 3.49. The summed E-state index contributed by atoms with van der Waals surface area (Å²) in [5.74, 6) is 1.00. The molecule has 23 heavy (non-hydrogen) atoms. The molecule has 0 saturated carbocycles. The maximum atomic E-state index is 12.8. The first kappa shape index (κ1) is 17.0. The fraction of sp³-hybridized carbons (Fsp3) is 0.647. The van der Waals surface area contributed by atoms with Crippen molar-refractivity contribution in [1.82, 2.24) is 14.5 Å². The van der Waals surface area contributed by atoms with Gasteiger partial charge in [-0.25, -0.2) is 4.98 Å². The zero-order valence-electron chi connectivity index (χ0n) is 14.2. The van der Waals surface area contributed by atoms with Gasteiger partial charge in [0.05, 0.1) is 5.39 Å². The Morgan fingerprint density at radius 1 is 1.22 bits per heavy atom. The molecule has 6 heteroatoms. The van der Waals surface area contributed by atoms with E-state index in [9.17, 15) is 4.79 Å². The third-order valence-corrected chi connectivity index (χ3v) is 6.72. The number of fused-ring (bicyclic) bond motifs is 1. The van der Waals surface area contributed by atoms with E-state index in [0.717, 1.165) is 33.2 Å². The quantitative estimate of drug-likeness (QED) is 0.608. The molecule has 2 aromatic heterocycles. The molecule has 1 aliphatic rings. The lowest BCUT2D eigenvalue weighted by Crippen LogP contribution is -2.31. The summed E-state index contributed by atoms with van der Waals surface area (Å²) in [6.07, 6.45) is 4.01. The number of thioether (sulfide) groups is 1. The third-order valence-electron chi connectivity index (χ3n) is 4.66. The highest BCUT2D eigenvalue weighted by atomic mass is 32.2. The van der Waals surface area contributed by atoms with Crippen molar-refractivity contribution >= 4 is 33.3 Å². The van der Waals surface area contributed by atoms with Crippen LogP contribution in [0, 0.1) is 13.8 Å². The fourth-order valence-electron chi connectivity index (χ4n) is 3.15. The lowest BCUT2D eigenvalue weighted by Gasteiger charge is -2.26. The van der Waals surface area contributed by atoms with Crippen LogP contribution in [0.4, 0.5) is 0 Å². The van der Waals surface area contributed by atoms with Gasteiger partial charge >= 0.3 is 0 Å². The predicted molar refractivity (Wildman–Crippen MR) is 100 cm³/mol. The van der Waals surface area contributed by atoms with Crippen molar-refractivity contribution in [1.29, 1.82) is 0 Å². The molecule has 0 atom stereocenters. The standard InChI is InChI=1S/C17H25N3OS2/c1-4-20-16(21)14-12(2)13(3)23-15(14)18-17(20)22-11-10-19-8-6-5-7-9-19/h4-11H2,1-3H3. The highest BCUT2D eigenvalue weighted by Crippen LogP contribution is 2.28. The number of likely N-dealkylation sites (tertiary alicyclic amines) is 1. The Morgan fingerprint density at radius 2 is 1.96 bits per heavy atom. The molecule has 2 aromatic rings. The molecule has 0 spiro atoms. The van der Waals surface area contributed by atoms with Crippen LogP contribution in [-0.2, 0) is 6.54 Å². The Hall–Kier alpha value is -0.850. The van der Waals surface area contributed by atoms with Crippen molar-refractivity contribution in [3.63, 3.8) is 0 Å². The maximum absolute atomic E-state index is 12.8. The lowest BCUT2D eigenvalue weighted by molar-refractivity contribution is 0.242. The smallest absolute Gasteiger partial charge is 0.263 e. The van der Waals surface area contributed by atoms with E-state index in [1.165, 1.54) is 37.2 Å². The molecule has 0 aliphatic carbocycles. The van der Waals surface area contributed by atoms with Gasteiger partial charge in [-0.15, -0.1) is 11.3 Å². The largest absolute Gasteiger partial charge is 0.303 e. The van der Waals surface area contributed by atoms with E-state index in [1.54, 1.807) is 23.1 Å². The van der Waals surface area contributed by atoms with Crippen LogP contribution >= 0.6 is 23.1 Å². The summed E-state index contributed by atoms with van der Waals surface area (Å²) >= 11 is 3.37. The average Bonchev–Trinajstić information content (AvgIpc) is 2.83. The minimum absolute atomic E-state index is 0.125. The topological polar surface area (TPSA) is 38.1 Å². The van der Waals surface area contributed by atoms with Gasteiger partial charge in [-0.2, -0.15) is 0 Å². The predicted octanol–water partition coefficient (Wildman–Crippen LogP) is 3.67. The van der Waals surface area contributed by atoms with Crippen molar-refractivity contribution in [2.45, 2.75) is 51.7 Å². The Morgan fingerprint density at radius 3 is 2.65 bits per heavy atom. The van der Waals surface area contributed by atoms with Gasteiger partial charge in [-0.1, -0.05) is 18.2 Å². The Kier molecular flexibility index (Phi) is 5.44. The van der Waals surface area contributed by atoms with Crippen LogP contribution in [-0.4, -0.2) is 39.8 Å². The van der Waals surface area contributed by atoms with Gasteiger partial charge in [0.1, 0.15) is 4.83 Å². The molecule has 0 bridgehead atoms. The highest BCUT2D eigenvalue weighted by Gasteiger charge is 2.16. The molecule has 0 amide bonds. The molecule has 126 valence electrons. The maximum Gasteiger partial charge on any atom is 0.263 e. The molecule has 0 aromatic carbocycles. The number of rotatable bonds is 5.